The second-order valence-electron chi connectivity index (χ2n) is 5.67. The van der Waals surface area contributed by atoms with Crippen LogP contribution in [0.5, 0.6) is 11.5 Å². The molecule has 0 heterocycles. The number of hydrogen-bond donors (Lipinski definition) is 2. The maximum atomic E-state index is 14.1. The van der Waals surface area contributed by atoms with Crippen molar-refractivity contribution in [2.75, 3.05) is 7.05 Å². The van der Waals surface area contributed by atoms with E-state index >= 15 is 0 Å². The number of allylic oxidation sites excluding steroid dienone is 2. The first-order valence-electron chi connectivity index (χ1n) is 8.55. The minimum Gasteiger partial charge on any atom is -0.452 e. The van der Waals surface area contributed by atoms with Crippen LogP contribution in [-0.2, 0) is 11.2 Å². The highest BCUT2D eigenvalue weighted by Gasteiger charge is 2.17. The summed E-state index contributed by atoms with van der Waals surface area (Å²) in [6, 6.07) is 9.19. The average molecular weight is 403 g/mol. The van der Waals surface area contributed by atoms with Gasteiger partial charge in [0.1, 0.15) is 12.0 Å². The lowest BCUT2D eigenvalue weighted by Gasteiger charge is -2.14. The zero-order chi connectivity index (χ0) is 20.5. The molecule has 0 aromatic heterocycles. The molecular formula is C21H20ClFN2O3. The van der Waals surface area contributed by atoms with Crippen LogP contribution in [0.1, 0.15) is 22.8 Å². The topological polar surface area (TPSA) is 67.4 Å². The zero-order valence-electron chi connectivity index (χ0n) is 15.5. The van der Waals surface area contributed by atoms with Crippen molar-refractivity contribution in [2.24, 2.45) is 0 Å². The van der Waals surface area contributed by atoms with Crippen molar-refractivity contribution >= 4 is 23.8 Å². The maximum absolute atomic E-state index is 14.1. The van der Waals surface area contributed by atoms with E-state index in [2.05, 4.69) is 10.6 Å². The number of carbonyl (C=O) groups is 2. The number of nitrogens with one attached hydrogen (secondary N) is 2. The van der Waals surface area contributed by atoms with Crippen LogP contribution in [0.15, 0.2) is 60.4 Å². The predicted octanol–water partition coefficient (Wildman–Crippen LogP) is 4.38. The van der Waals surface area contributed by atoms with Crippen molar-refractivity contribution in [3.63, 3.8) is 0 Å². The van der Waals surface area contributed by atoms with E-state index in [1.807, 2.05) is 6.92 Å². The first-order chi connectivity index (χ1) is 13.5. The molecule has 0 aliphatic carbocycles. The Bertz CT molecular complexity index is 906. The van der Waals surface area contributed by atoms with Gasteiger partial charge >= 0.3 is 0 Å². The number of rotatable bonds is 8. The quantitative estimate of drug-likeness (QED) is 0.390. The summed E-state index contributed by atoms with van der Waals surface area (Å²) in [5, 5.41) is 5.48. The van der Waals surface area contributed by atoms with E-state index in [1.165, 1.54) is 30.4 Å². The van der Waals surface area contributed by atoms with E-state index in [9.17, 15) is 14.0 Å². The molecule has 2 aromatic carbocycles. The maximum Gasteiger partial charge on any atom is 0.259 e. The Labute approximate surface area is 167 Å². The van der Waals surface area contributed by atoms with Crippen LogP contribution in [-0.4, -0.2) is 19.2 Å². The molecule has 0 atom stereocenters. The van der Waals surface area contributed by atoms with Gasteiger partial charge in [-0.15, -0.1) is 0 Å². The van der Waals surface area contributed by atoms with Crippen LogP contribution in [0.2, 0.25) is 5.02 Å². The Kier molecular flexibility index (Phi) is 7.77. The van der Waals surface area contributed by atoms with Crippen molar-refractivity contribution in [3.05, 3.63) is 82.4 Å². The molecule has 5 nitrogen and oxygen atoms in total. The second-order valence-corrected chi connectivity index (χ2v) is 6.08. The molecule has 28 heavy (non-hydrogen) atoms. The molecule has 0 radical (unpaired) electrons. The predicted molar refractivity (Wildman–Crippen MR) is 107 cm³/mol. The van der Waals surface area contributed by atoms with Gasteiger partial charge in [0.2, 0.25) is 0 Å². The molecule has 146 valence electrons. The Morgan fingerprint density at radius 1 is 1.29 bits per heavy atom. The number of para-hydroxylation sites is 1. The van der Waals surface area contributed by atoms with Crippen molar-refractivity contribution in [1.29, 1.82) is 0 Å². The van der Waals surface area contributed by atoms with Gasteiger partial charge in [-0.3, -0.25) is 9.59 Å². The molecule has 0 spiro atoms. The molecule has 1 amide bonds. The van der Waals surface area contributed by atoms with Gasteiger partial charge in [0, 0.05) is 18.8 Å². The summed E-state index contributed by atoms with van der Waals surface area (Å²) in [5.41, 5.74) is 1.35. The van der Waals surface area contributed by atoms with Crippen LogP contribution in [0, 0.1) is 5.82 Å². The third kappa shape index (κ3) is 5.44. The Hall–Kier alpha value is -3.12. The third-order valence-corrected chi connectivity index (χ3v) is 4.06. The molecule has 0 aliphatic heterocycles. The number of benzene rings is 2. The van der Waals surface area contributed by atoms with E-state index in [1.54, 1.807) is 31.4 Å². The molecule has 0 saturated carbocycles. The van der Waals surface area contributed by atoms with Gasteiger partial charge in [0.15, 0.2) is 11.6 Å². The number of halogens is 2. The van der Waals surface area contributed by atoms with Gasteiger partial charge in [-0.05, 0) is 48.5 Å². The summed E-state index contributed by atoms with van der Waals surface area (Å²) < 4.78 is 19.8. The van der Waals surface area contributed by atoms with Gasteiger partial charge in [-0.2, -0.15) is 0 Å². The first-order valence-corrected chi connectivity index (χ1v) is 8.93. The van der Waals surface area contributed by atoms with Gasteiger partial charge in [0.25, 0.3) is 5.91 Å². The van der Waals surface area contributed by atoms with Crippen LogP contribution in [0.25, 0.3) is 0 Å². The fourth-order valence-electron chi connectivity index (χ4n) is 2.33. The lowest BCUT2D eigenvalue weighted by molar-refractivity contribution is -0.104. The molecule has 2 N–H and O–H groups in total. The van der Waals surface area contributed by atoms with E-state index < -0.39 is 11.7 Å². The fraction of sp³-hybridized carbons (Fsp3) is 0.143. The molecule has 2 rings (SSSR count). The highest BCUT2D eigenvalue weighted by atomic mass is 35.5. The van der Waals surface area contributed by atoms with Crippen molar-refractivity contribution < 1.29 is 18.7 Å². The Balaban J connectivity index is 2.41. The minimum atomic E-state index is -0.640. The van der Waals surface area contributed by atoms with Crippen molar-refractivity contribution in [2.45, 2.75) is 13.3 Å². The molecule has 2 aromatic rings. The number of aldehydes is 1. The lowest BCUT2D eigenvalue weighted by atomic mass is 10.1. The average Bonchev–Trinajstić information content (AvgIpc) is 2.69. The first kappa shape index (κ1) is 21.2. The van der Waals surface area contributed by atoms with Crippen LogP contribution >= 0.6 is 11.6 Å². The number of carbonyl (C=O) groups excluding carboxylic acids is 2. The standard InChI is InChI=1S/C21H20ClFN2O3/c1-3-14-7-8-16(21(27)25-15(10-12-26)9-11-24-2)19(13-14)28-20-17(22)5-4-6-18(20)23/h4-13,24H,3H2,1-2H3,(H,25,27)/b11-9-,15-10+. The second kappa shape index (κ2) is 10.3. The van der Waals surface area contributed by atoms with Crippen LogP contribution in [0.3, 0.4) is 0 Å². The number of ether oxygens (including phenoxy) is 1. The Morgan fingerprint density at radius 2 is 2.07 bits per heavy atom. The summed E-state index contributed by atoms with van der Waals surface area (Å²) in [6.07, 6.45) is 5.56. The molecule has 0 bridgehead atoms. The molecule has 7 heteroatoms. The zero-order valence-corrected chi connectivity index (χ0v) is 16.2. The molecule has 0 aliphatic rings. The monoisotopic (exact) mass is 402 g/mol. The highest BCUT2D eigenvalue weighted by Crippen LogP contribution is 2.34. The third-order valence-electron chi connectivity index (χ3n) is 3.76. The van der Waals surface area contributed by atoms with E-state index in [0.717, 1.165) is 5.56 Å². The van der Waals surface area contributed by atoms with Gasteiger partial charge in [-0.1, -0.05) is 30.7 Å². The number of amides is 1. The fourth-order valence-corrected chi connectivity index (χ4v) is 2.53. The summed E-state index contributed by atoms with van der Waals surface area (Å²) in [5.74, 6) is -1.16. The van der Waals surface area contributed by atoms with Gasteiger partial charge in [-0.25, -0.2) is 4.39 Å². The Morgan fingerprint density at radius 3 is 2.71 bits per heavy atom. The molecular weight excluding hydrogens is 383 g/mol. The summed E-state index contributed by atoms with van der Waals surface area (Å²) in [4.78, 5) is 23.5. The SMILES string of the molecule is CCc1ccc(C(=O)NC(/C=C\NC)=C/C=O)c(Oc2c(F)cccc2Cl)c1. The largest absolute Gasteiger partial charge is 0.452 e. The van der Waals surface area contributed by atoms with Crippen LogP contribution in [0.4, 0.5) is 4.39 Å². The van der Waals surface area contributed by atoms with E-state index in [4.69, 9.17) is 16.3 Å². The molecule has 0 fully saturated rings. The van der Waals surface area contributed by atoms with E-state index in [0.29, 0.717) is 12.7 Å². The summed E-state index contributed by atoms with van der Waals surface area (Å²) >= 11 is 6.04. The normalized spacial score (nSPS) is 11.4. The minimum absolute atomic E-state index is 0.0896. The van der Waals surface area contributed by atoms with Crippen molar-refractivity contribution in [1.82, 2.24) is 10.6 Å². The van der Waals surface area contributed by atoms with Gasteiger partial charge in [0.05, 0.1) is 10.6 Å². The number of hydrogen-bond acceptors (Lipinski definition) is 4. The molecule has 0 unspecified atom stereocenters. The smallest absolute Gasteiger partial charge is 0.259 e. The summed E-state index contributed by atoms with van der Waals surface area (Å²) in [7, 11) is 1.68. The van der Waals surface area contributed by atoms with Crippen molar-refractivity contribution in [3.8, 4) is 11.5 Å². The summed E-state index contributed by atoms with van der Waals surface area (Å²) in [6.45, 7) is 1.95. The number of aryl methyl sites for hydroxylation is 1. The lowest BCUT2D eigenvalue weighted by Crippen LogP contribution is -2.23. The van der Waals surface area contributed by atoms with E-state index in [-0.39, 0.29) is 27.8 Å². The van der Waals surface area contributed by atoms with Crippen LogP contribution < -0.4 is 15.4 Å². The molecule has 0 saturated heterocycles. The van der Waals surface area contributed by atoms with Gasteiger partial charge < -0.3 is 15.4 Å². The highest BCUT2D eigenvalue weighted by molar-refractivity contribution is 6.32.